The van der Waals surface area contributed by atoms with E-state index in [9.17, 15) is 4.79 Å². The van der Waals surface area contributed by atoms with Crippen LogP contribution < -0.4 is 11.1 Å². The van der Waals surface area contributed by atoms with Crippen molar-refractivity contribution in [1.29, 1.82) is 0 Å². The first-order valence-electron chi connectivity index (χ1n) is 7.59. The Labute approximate surface area is 140 Å². The van der Waals surface area contributed by atoms with E-state index < -0.39 is 0 Å². The summed E-state index contributed by atoms with van der Waals surface area (Å²) >= 11 is 0. The van der Waals surface area contributed by atoms with E-state index in [1.807, 2.05) is 0 Å². The maximum absolute atomic E-state index is 12.3. The lowest BCUT2D eigenvalue weighted by Gasteiger charge is -2.35. The van der Waals surface area contributed by atoms with Gasteiger partial charge in [-0.15, -0.1) is 24.8 Å². The lowest BCUT2D eigenvalue weighted by Crippen LogP contribution is -2.54. The molecular weight excluding hydrogens is 313 g/mol. The molecule has 1 heterocycles. The fraction of sp³-hybridized carbons (Fsp3) is 0.929. The minimum Gasteiger partial charge on any atom is -0.366 e. The minimum absolute atomic E-state index is 0. The molecule has 0 spiro atoms. The molecule has 1 saturated heterocycles. The van der Waals surface area contributed by atoms with Crippen LogP contribution in [0.2, 0.25) is 0 Å². The molecule has 0 radical (unpaired) electrons. The first-order valence-corrected chi connectivity index (χ1v) is 7.59. The number of morpholine rings is 1. The molecule has 126 valence electrons. The van der Waals surface area contributed by atoms with Crippen LogP contribution in [0.15, 0.2) is 0 Å². The summed E-state index contributed by atoms with van der Waals surface area (Å²) in [5, 5.41) is 3.16. The highest BCUT2D eigenvalue weighted by Gasteiger charge is 2.30. The van der Waals surface area contributed by atoms with Crippen molar-refractivity contribution >= 4 is 30.7 Å². The van der Waals surface area contributed by atoms with Gasteiger partial charge in [-0.25, -0.2) is 0 Å². The summed E-state index contributed by atoms with van der Waals surface area (Å²) in [7, 11) is 0. The molecule has 1 saturated carbocycles. The first-order chi connectivity index (χ1) is 9.24. The number of nitrogens with one attached hydrogen (secondary N) is 1. The second-order valence-electron chi connectivity index (χ2n) is 5.65. The molecule has 3 atom stereocenters. The summed E-state index contributed by atoms with van der Waals surface area (Å²) < 4.78 is 5.60. The van der Waals surface area contributed by atoms with E-state index >= 15 is 0 Å². The molecule has 1 amide bonds. The molecule has 1 aliphatic heterocycles. The van der Waals surface area contributed by atoms with Gasteiger partial charge in [0.2, 0.25) is 0 Å². The van der Waals surface area contributed by atoms with Gasteiger partial charge >= 0.3 is 0 Å². The zero-order chi connectivity index (χ0) is 13.7. The Hall–Kier alpha value is -0.0700. The van der Waals surface area contributed by atoms with Crippen LogP contribution in [-0.2, 0) is 9.53 Å². The number of likely N-dealkylation sites (N-methyl/N-ethyl adjacent to an activating group) is 1. The Kier molecular flexibility index (Phi) is 10.6. The van der Waals surface area contributed by atoms with Crippen LogP contribution in [-0.4, -0.2) is 55.7 Å². The van der Waals surface area contributed by atoms with Crippen molar-refractivity contribution in [2.45, 2.75) is 44.8 Å². The maximum Gasteiger partial charge on any atom is 0.250 e. The maximum atomic E-state index is 12.3. The lowest BCUT2D eigenvalue weighted by atomic mass is 9.84. The average Bonchev–Trinajstić information content (AvgIpc) is 2.47. The van der Waals surface area contributed by atoms with Gasteiger partial charge in [0.15, 0.2) is 0 Å². The fourth-order valence-corrected chi connectivity index (χ4v) is 3.10. The highest BCUT2D eigenvalue weighted by molar-refractivity contribution is 5.85. The zero-order valence-corrected chi connectivity index (χ0v) is 14.4. The Morgan fingerprint density at radius 2 is 2.05 bits per heavy atom. The highest BCUT2D eigenvalue weighted by Crippen LogP contribution is 2.23. The molecule has 0 bridgehead atoms. The molecule has 2 fully saturated rings. The Bertz CT molecular complexity index is 308. The van der Waals surface area contributed by atoms with Crippen molar-refractivity contribution in [3.8, 4) is 0 Å². The molecule has 7 heteroatoms. The number of rotatable bonds is 4. The van der Waals surface area contributed by atoms with Crippen LogP contribution in [0, 0.1) is 5.92 Å². The zero-order valence-electron chi connectivity index (χ0n) is 12.8. The molecule has 0 aromatic rings. The van der Waals surface area contributed by atoms with Crippen molar-refractivity contribution in [1.82, 2.24) is 10.2 Å². The number of hydrogen-bond acceptors (Lipinski definition) is 4. The molecule has 3 N–H and O–H groups in total. The van der Waals surface area contributed by atoms with Crippen LogP contribution in [0.3, 0.4) is 0 Å². The van der Waals surface area contributed by atoms with Gasteiger partial charge in [0.05, 0.1) is 6.61 Å². The van der Waals surface area contributed by atoms with Crippen molar-refractivity contribution < 1.29 is 9.53 Å². The first kappa shape index (κ1) is 20.9. The molecule has 2 aliphatic rings. The highest BCUT2D eigenvalue weighted by atomic mass is 35.5. The van der Waals surface area contributed by atoms with Gasteiger partial charge in [0, 0.05) is 19.1 Å². The van der Waals surface area contributed by atoms with Crippen LogP contribution in [0.5, 0.6) is 0 Å². The van der Waals surface area contributed by atoms with E-state index in [0.29, 0.717) is 25.6 Å². The van der Waals surface area contributed by atoms with E-state index in [0.717, 1.165) is 25.9 Å². The van der Waals surface area contributed by atoms with Crippen LogP contribution in [0.25, 0.3) is 0 Å². The standard InChI is InChI=1S/C14H27N3O2.2ClH/c1-2-17-7-8-19-13(10-17)14(18)16-12-6-4-3-5-11(12)9-15;;/h11-13H,2-10,15H2,1H3,(H,16,18);2*1H. The van der Waals surface area contributed by atoms with Crippen LogP contribution in [0.1, 0.15) is 32.6 Å². The summed E-state index contributed by atoms with van der Waals surface area (Å²) in [6, 6.07) is 0.242. The van der Waals surface area contributed by atoms with E-state index in [1.54, 1.807) is 0 Å². The van der Waals surface area contributed by atoms with Crippen LogP contribution in [0.4, 0.5) is 0 Å². The molecule has 0 aromatic carbocycles. The van der Waals surface area contributed by atoms with Gasteiger partial charge in [-0.2, -0.15) is 0 Å². The molecule has 2 rings (SSSR count). The number of hydrogen-bond donors (Lipinski definition) is 2. The largest absolute Gasteiger partial charge is 0.366 e. The second-order valence-corrected chi connectivity index (χ2v) is 5.65. The average molecular weight is 342 g/mol. The number of carbonyl (C=O) groups excluding carboxylic acids is 1. The number of ether oxygens (including phenoxy) is 1. The molecule has 21 heavy (non-hydrogen) atoms. The topological polar surface area (TPSA) is 67.6 Å². The van der Waals surface area contributed by atoms with E-state index in [4.69, 9.17) is 10.5 Å². The number of nitrogens with two attached hydrogens (primary N) is 1. The SMILES string of the molecule is CCN1CCOC(C(=O)NC2CCCCC2CN)C1.Cl.Cl. The van der Waals surface area contributed by atoms with Gasteiger partial charge in [-0.3, -0.25) is 9.69 Å². The number of amides is 1. The number of carbonyl (C=O) groups is 1. The lowest BCUT2D eigenvalue weighted by molar-refractivity contribution is -0.139. The van der Waals surface area contributed by atoms with E-state index in [2.05, 4.69) is 17.1 Å². The fourth-order valence-electron chi connectivity index (χ4n) is 3.10. The number of nitrogens with zero attached hydrogens (tertiary/aromatic N) is 1. The van der Waals surface area contributed by atoms with Gasteiger partial charge in [0.25, 0.3) is 5.91 Å². The monoisotopic (exact) mass is 341 g/mol. The molecule has 3 unspecified atom stereocenters. The van der Waals surface area contributed by atoms with Gasteiger partial charge in [-0.1, -0.05) is 19.8 Å². The summed E-state index contributed by atoms with van der Waals surface area (Å²) in [6.07, 6.45) is 4.30. The summed E-state index contributed by atoms with van der Waals surface area (Å²) in [5.41, 5.74) is 5.80. The van der Waals surface area contributed by atoms with Crippen molar-refractivity contribution in [2.24, 2.45) is 11.7 Å². The third-order valence-corrected chi connectivity index (χ3v) is 4.43. The second kappa shape index (κ2) is 10.6. The Morgan fingerprint density at radius 1 is 1.33 bits per heavy atom. The summed E-state index contributed by atoms with van der Waals surface area (Å²) in [5.74, 6) is 0.479. The summed E-state index contributed by atoms with van der Waals surface area (Å²) in [4.78, 5) is 14.5. The predicted molar refractivity (Wildman–Crippen MR) is 89.3 cm³/mol. The number of halogens is 2. The molecule has 0 aromatic heterocycles. The normalized spacial score (nSPS) is 29.9. The van der Waals surface area contributed by atoms with Gasteiger partial charge in [0.1, 0.15) is 6.10 Å². The third-order valence-electron chi connectivity index (χ3n) is 4.43. The van der Waals surface area contributed by atoms with Crippen molar-refractivity contribution in [3.63, 3.8) is 0 Å². The van der Waals surface area contributed by atoms with E-state index in [1.165, 1.54) is 12.8 Å². The Morgan fingerprint density at radius 3 is 2.71 bits per heavy atom. The molecule has 1 aliphatic carbocycles. The Balaban J connectivity index is 0.00000200. The molecular formula is C14H29Cl2N3O2. The van der Waals surface area contributed by atoms with Crippen molar-refractivity contribution in [3.05, 3.63) is 0 Å². The summed E-state index contributed by atoms with van der Waals surface area (Å²) in [6.45, 7) is 6.04. The predicted octanol–water partition coefficient (Wildman–Crippen LogP) is 1.18. The molecule has 5 nitrogen and oxygen atoms in total. The smallest absolute Gasteiger partial charge is 0.250 e. The van der Waals surface area contributed by atoms with Gasteiger partial charge in [-0.05, 0) is 31.8 Å². The minimum atomic E-state index is -0.311. The van der Waals surface area contributed by atoms with Crippen LogP contribution >= 0.6 is 24.8 Å². The quantitative estimate of drug-likeness (QED) is 0.805. The van der Waals surface area contributed by atoms with Gasteiger partial charge < -0.3 is 15.8 Å². The van der Waals surface area contributed by atoms with Crippen molar-refractivity contribution in [2.75, 3.05) is 32.8 Å². The van der Waals surface area contributed by atoms with E-state index in [-0.39, 0.29) is 42.9 Å². The third kappa shape index (κ3) is 5.91.